The molecule has 37 heavy (non-hydrogen) atoms. The first kappa shape index (κ1) is 25.2. The molecule has 2 amide bonds. The number of aliphatic imine (C=N–C) groups is 1. The molecule has 0 spiro atoms. The van der Waals surface area contributed by atoms with Crippen molar-refractivity contribution in [3.63, 3.8) is 0 Å². The number of nitrogens with zero attached hydrogens (tertiary/aromatic N) is 3. The lowest BCUT2D eigenvalue weighted by Gasteiger charge is -2.29. The summed E-state index contributed by atoms with van der Waals surface area (Å²) in [5.41, 5.74) is 2.92. The zero-order valence-corrected chi connectivity index (χ0v) is 21.1. The Bertz CT molecular complexity index is 1120. The lowest BCUT2D eigenvalue weighted by molar-refractivity contribution is -0.304. The van der Waals surface area contributed by atoms with Crippen LogP contribution in [0.1, 0.15) is 49.7 Å². The van der Waals surface area contributed by atoms with Crippen LogP contribution >= 0.6 is 0 Å². The second-order valence-corrected chi connectivity index (χ2v) is 9.68. The van der Waals surface area contributed by atoms with E-state index in [0.717, 1.165) is 48.2 Å². The maximum absolute atomic E-state index is 13.1. The van der Waals surface area contributed by atoms with Crippen LogP contribution in [0.25, 0.3) is 0 Å². The zero-order valence-electron chi connectivity index (χ0n) is 21.1. The number of carbonyl (C=O) groups excluding carboxylic acids is 2. The molecule has 196 valence electrons. The van der Waals surface area contributed by atoms with Gasteiger partial charge in [0.1, 0.15) is 18.9 Å². The molecule has 2 fully saturated rings. The predicted molar refractivity (Wildman–Crippen MR) is 138 cm³/mol. The molecule has 1 saturated heterocycles. The van der Waals surface area contributed by atoms with Crippen molar-refractivity contribution in [2.75, 3.05) is 26.3 Å². The standard InChI is InChI=1S/C28H34N4O5/c33-26-19-31-18-22-17-24(12-13-25(22)29-28(31)30-26)35-15-6-11-27(34)32(23-9-4-5-10-23)14-16-36-37-20-21-7-2-1-3-8-21/h1-3,7-8,12-13,17,23H,4-6,9-11,14-16,18-20H2,(H,29,30,33). The smallest absolute Gasteiger partial charge is 0.246 e. The van der Waals surface area contributed by atoms with Gasteiger partial charge in [-0.05, 0) is 43.0 Å². The Hall–Kier alpha value is -3.43. The van der Waals surface area contributed by atoms with Gasteiger partial charge >= 0.3 is 0 Å². The van der Waals surface area contributed by atoms with E-state index in [9.17, 15) is 9.59 Å². The Balaban J connectivity index is 1.05. The van der Waals surface area contributed by atoms with Crippen molar-refractivity contribution < 1.29 is 24.1 Å². The molecule has 0 radical (unpaired) electrons. The minimum absolute atomic E-state index is 0.0365. The van der Waals surface area contributed by atoms with E-state index < -0.39 is 0 Å². The van der Waals surface area contributed by atoms with Crippen molar-refractivity contribution in [1.29, 1.82) is 0 Å². The van der Waals surface area contributed by atoms with Crippen molar-refractivity contribution >= 4 is 23.5 Å². The van der Waals surface area contributed by atoms with E-state index in [2.05, 4.69) is 10.3 Å². The maximum atomic E-state index is 13.1. The van der Waals surface area contributed by atoms with E-state index in [1.807, 2.05) is 58.3 Å². The minimum Gasteiger partial charge on any atom is -0.494 e. The van der Waals surface area contributed by atoms with E-state index in [0.29, 0.717) is 58.3 Å². The van der Waals surface area contributed by atoms with Gasteiger partial charge in [0.15, 0.2) is 0 Å². The van der Waals surface area contributed by atoms with Crippen molar-refractivity contribution in [3.05, 3.63) is 59.7 Å². The monoisotopic (exact) mass is 506 g/mol. The molecule has 5 rings (SSSR count). The summed E-state index contributed by atoms with van der Waals surface area (Å²) < 4.78 is 5.95. The van der Waals surface area contributed by atoms with E-state index in [4.69, 9.17) is 14.5 Å². The Morgan fingerprint density at radius 2 is 1.89 bits per heavy atom. The molecule has 2 aliphatic heterocycles. The van der Waals surface area contributed by atoms with Gasteiger partial charge in [-0.15, -0.1) is 0 Å². The highest BCUT2D eigenvalue weighted by molar-refractivity contribution is 6.05. The van der Waals surface area contributed by atoms with Gasteiger partial charge in [-0.25, -0.2) is 14.8 Å². The number of benzene rings is 2. The molecule has 1 N–H and O–H groups in total. The molecule has 0 bridgehead atoms. The molecule has 2 aromatic rings. The van der Waals surface area contributed by atoms with Gasteiger partial charge < -0.3 is 14.5 Å². The molecular weight excluding hydrogens is 472 g/mol. The number of carbonyl (C=O) groups is 2. The van der Waals surface area contributed by atoms with Crippen LogP contribution in [0.15, 0.2) is 53.5 Å². The Morgan fingerprint density at radius 3 is 2.73 bits per heavy atom. The van der Waals surface area contributed by atoms with Crippen LogP contribution < -0.4 is 10.1 Å². The fraction of sp³-hybridized carbons (Fsp3) is 0.464. The summed E-state index contributed by atoms with van der Waals surface area (Å²) in [7, 11) is 0. The molecule has 2 aromatic carbocycles. The molecule has 1 aliphatic carbocycles. The molecule has 3 aliphatic rings. The highest BCUT2D eigenvalue weighted by Gasteiger charge is 2.29. The molecule has 9 nitrogen and oxygen atoms in total. The summed E-state index contributed by atoms with van der Waals surface area (Å²) in [5.74, 6) is 1.47. The third-order valence-corrected chi connectivity index (χ3v) is 6.98. The summed E-state index contributed by atoms with van der Waals surface area (Å²) in [6.45, 7) is 2.67. The van der Waals surface area contributed by atoms with Gasteiger partial charge in [-0.3, -0.25) is 14.9 Å². The molecule has 0 atom stereocenters. The van der Waals surface area contributed by atoms with Gasteiger partial charge in [-0.2, -0.15) is 0 Å². The van der Waals surface area contributed by atoms with E-state index in [-0.39, 0.29) is 17.9 Å². The summed E-state index contributed by atoms with van der Waals surface area (Å²) in [6.07, 6.45) is 5.48. The van der Waals surface area contributed by atoms with Crippen molar-refractivity contribution in [3.8, 4) is 5.75 Å². The largest absolute Gasteiger partial charge is 0.494 e. The second-order valence-electron chi connectivity index (χ2n) is 9.68. The van der Waals surface area contributed by atoms with Crippen molar-refractivity contribution in [1.82, 2.24) is 15.1 Å². The minimum atomic E-state index is -0.0365. The average Bonchev–Trinajstić information content (AvgIpc) is 3.56. The van der Waals surface area contributed by atoms with Crippen LogP contribution in [0, 0.1) is 0 Å². The van der Waals surface area contributed by atoms with Gasteiger partial charge in [0.25, 0.3) is 0 Å². The van der Waals surface area contributed by atoms with Gasteiger partial charge in [0, 0.05) is 31.1 Å². The molecule has 0 unspecified atom stereocenters. The molecular formula is C28H34N4O5. The second kappa shape index (κ2) is 12.2. The van der Waals surface area contributed by atoms with E-state index in [1.165, 1.54) is 0 Å². The van der Waals surface area contributed by atoms with Crippen LogP contribution in [0.3, 0.4) is 0 Å². The van der Waals surface area contributed by atoms with E-state index in [1.54, 1.807) is 0 Å². The third-order valence-electron chi connectivity index (χ3n) is 6.98. The Labute approximate surface area is 217 Å². The lowest BCUT2D eigenvalue weighted by Crippen LogP contribution is -2.41. The first-order chi connectivity index (χ1) is 18.2. The lowest BCUT2D eigenvalue weighted by atomic mass is 10.1. The summed E-state index contributed by atoms with van der Waals surface area (Å²) in [6, 6.07) is 15.9. The highest BCUT2D eigenvalue weighted by Crippen LogP contribution is 2.30. The average molecular weight is 507 g/mol. The highest BCUT2D eigenvalue weighted by atomic mass is 17.2. The summed E-state index contributed by atoms with van der Waals surface area (Å²) in [4.78, 5) is 43.8. The molecule has 0 aromatic heterocycles. The third kappa shape index (κ3) is 6.67. The van der Waals surface area contributed by atoms with Crippen LogP contribution in [0.4, 0.5) is 5.69 Å². The molecule has 1 saturated carbocycles. The predicted octanol–water partition coefficient (Wildman–Crippen LogP) is 3.70. The van der Waals surface area contributed by atoms with E-state index >= 15 is 0 Å². The Kier molecular flexibility index (Phi) is 8.32. The number of fused-ring (bicyclic) bond motifs is 2. The van der Waals surface area contributed by atoms with Crippen molar-refractivity contribution in [2.24, 2.45) is 4.99 Å². The van der Waals surface area contributed by atoms with Crippen LogP contribution in [-0.2, 0) is 32.5 Å². The summed E-state index contributed by atoms with van der Waals surface area (Å²) in [5, 5.41) is 2.77. The fourth-order valence-electron chi connectivity index (χ4n) is 5.09. The fourth-order valence-corrected chi connectivity index (χ4v) is 5.09. The summed E-state index contributed by atoms with van der Waals surface area (Å²) >= 11 is 0. The Morgan fingerprint density at radius 1 is 1.05 bits per heavy atom. The normalized spacial score (nSPS) is 16.7. The number of rotatable bonds is 12. The number of hydrogen-bond donors (Lipinski definition) is 1. The number of hydrogen-bond acceptors (Lipinski definition) is 7. The number of amides is 2. The van der Waals surface area contributed by atoms with Gasteiger partial charge in [0.2, 0.25) is 17.8 Å². The SMILES string of the molecule is O=C1CN2Cc3cc(OCCCC(=O)N(CCOOCc4ccccc4)C4CCCC4)ccc3N=C2N1. The molecule has 9 heteroatoms. The first-order valence-corrected chi connectivity index (χ1v) is 13.1. The first-order valence-electron chi connectivity index (χ1n) is 13.1. The number of ether oxygens (including phenoxy) is 1. The van der Waals surface area contributed by atoms with Crippen molar-refractivity contribution in [2.45, 2.75) is 57.7 Å². The quantitative estimate of drug-likeness (QED) is 0.268. The number of guanidine groups is 1. The van der Waals surface area contributed by atoms with Gasteiger partial charge in [0.05, 0.1) is 18.9 Å². The van der Waals surface area contributed by atoms with Crippen LogP contribution in [0.5, 0.6) is 5.75 Å². The van der Waals surface area contributed by atoms with Crippen LogP contribution in [0.2, 0.25) is 0 Å². The van der Waals surface area contributed by atoms with Crippen LogP contribution in [-0.4, -0.2) is 59.9 Å². The van der Waals surface area contributed by atoms with Gasteiger partial charge in [-0.1, -0.05) is 43.2 Å². The maximum Gasteiger partial charge on any atom is 0.246 e. The zero-order chi connectivity index (χ0) is 25.5. The molecule has 2 heterocycles. The topological polar surface area (TPSA) is 92.7 Å². The number of nitrogens with one attached hydrogen (secondary N) is 1.